The molecule has 1 heterocycles. The summed E-state index contributed by atoms with van der Waals surface area (Å²) in [7, 11) is 0. The van der Waals surface area contributed by atoms with Gasteiger partial charge in [0.05, 0.1) is 0 Å². The zero-order valence-corrected chi connectivity index (χ0v) is 15.0. The van der Waals surface area contributed by atoms with Gasteiger partial charge in [0.15, 0.2) is 0 Å². The van der Waals surface area contributed by atoms with Crippen LogP contribution in [0.25, 0.3) is 0 Å². The quantitative estimate of drug-likeness (QED) is 0.590. The number of benzene rings is 1. The minimum Gasteiger partial charge on any atom is -0.345 e. The summed E-state index contributed by atoms with van der Waals surface area (Å²) in [5.41, 5.74) is 1.79. The summed E-state index contributed by atoms with van der Waals surface area (Å²) in [6.45, 7) is 4.21. The number of halogens is 1. The highest BCUT2D eigenvalue weighted by molar-refractivity contribution is 9.10. The number of carbonyl (C=O) groups excluding carboxylic acids is 1. The number of amides is 1. The highest BCUT2D eigenvalue weighted by Gasteiger charge is 2.09. The van der Waals surface area contributed by atoms with Gasteiger partial charge in [-0.15, -0.1) is 0 Å². The number of pyridine rings is 1. The average Bonchev–Trinajstić information content (AvgIpc) is 2.56. The van der Waals surface area contributed by atoms with Gasteiger partial charge in [-0.2, -0.15) is 5.26 Å². The summed E-state index contributed by atoms with van der Waals surface area (Å²) in [6, 6.07) is 13.0. The van der Waals surface area contributed by atoms with Gasteiger partial charge in [-0.05, 0) is 35.7 Å². The van der Waals surface area contributed by atoms with E-state index in [1.54, 1.807) is 18.3 Å². The molecular weight excluding hydrogens is 368 g/mol. The number of aromatic nitrogens is 1. The van der Waals surface area contributed by atoms with Crippen molar-refractivity contribution in [3.05, 3.63) is 64.4 Å². The summed E-state index contributed by atoms with van der Waals surface area (Å²) >= 11 is 3.33. The Labute approximate surface area is 149 Å². The third kappa shape index (κ3) is 4.93. The van der Waals surface area contributed by atoms with E-state index in [1.807, 2.05) is 30.3 Å². The van der Waals surface area contributed by atoms with Crippen LogP contribution in [0.15, 0.2) is 58.8 Å². The van der Waals surface area contributed by atoms with E-state index < -0.39 is 5.91 Å². The van der Waals surface area contributed by atoms with Crippen molar-refractivity contribution in [3.63, 3.8) is 0 Å². The maximum atomic E-state index is 12.2. The van der Waals surface area contributed by atoms with Crippen molar-refractivity contribution in [1.82, 2.24) is 4.98 Å². The van der Waals surface area contributed by atoms with E-state index in [0.29, 0.717) is 17.4 Å². The Morgan fingerprint density at radius 2 is 2.00 bits per heavy atom. The van der Waals surface area contributed by atoms with Gasteiger partial charge in [-0.1, -0.05) is 41.9 Å². The van der Waals surface area contributed by atoms with Crippen LogP contribution in [-0.4, -0.2) is 10.9 Å². The van der Waals surface area contributed by atoms with Gasteiger partial charge in [-0.25, -0.2) is 4.98 Å². The first-order valence-electron chi connectivity index (χ1n) is 7.39. The lowest BCUT2D eigenvalue weighted by Crippen LogP contribution is -2.14. The summed E-state index contributed by atoms with van der Waals surface area (Å²) in [5.74, 6) is 0.481. The molecule has 0 fully saturated rings. The van der Waals surface area contributed by atoms with E-state index in [1.165, 1.54) is 11.8 Å². The van der Waals surface area contributed by atoms with Gasteiger partial charge in [0.25, 0.3) is 5.91 Å². The maximum absolute atomic E-state index is 12.2. The second kappa shape index (κ2) is 8.27. The second-order valence-corrected chi connectivity index (χ2v) is 6.32. The van der Waals surface area contributed by atoms with Crippen LogP contribution in [0, 0.1) is 11.3 Å². The molecule has 1 aromatic heterocycles. The minimum absolute atomic E-state index is 0.0373. The molecule has 0 radical (unpaired) electrons. The van der Waals surface area contributed by atoms with Crippen molar-refractivity contribution < 1.29 is 4.79 Å². The van der Waals surface area contributed by atoms with Gasteiger partial charge < -0.3 is 10.6 Å². The first-order valence-corrected chi connectivity index (χ1v) is 8.18. The summed E-state index contributed by atoms with van der Waals surface area (Å²) in [5, 5.41) is 14.7. The summed E-state index contributed by atoms with van der Waals surface area (Å²) < 4.78 is 0.849. The normalized spacial score (nSPS) is 11.0. The number of hydrogen-bond acceptors (Lipinski definition) is 4. The molecule has 0 unspecified atom stereocenters. The molecule has 0 aliphatic carbocycles. The number of anilines is 2. The van der Waals surface area contributed by atoms with Gasteiger partial charge in [0.2, 0.25) is 0 Å². The lowest BCUT2D eigenvalue weighted by molar-refractivity contribution is -0.112. The maximum Gasteiger partial charge on any atom is 0.267 e. The van der Waals surface area contributed by atoms with Crippen LogP contribution in [0.4, 0.5) is 11.5 Å². The molecule has 0 spiro atoms. The Balaban J connectivity index is 2.05. The smallest absolute Gasteiger partial charge is 0.267 e. The Bertz CT molecular complexity index is 791. The third-order valence-corrected chi connectivity index (χ3v) is 3.78. The summed E-state index contributed by atoms with van der Waals surface area (Å²) in [6.07, 6.45) is 2.95. The molecule has 0 aliphatic heterocycles. The largest absolute Gasteiger partial charge is 0.345 e. The SMILES string of the molecule is CC(C)c1ccc(NC(=O)/C(C#N)=C\Nc2cc(Br)ccn2)cc1. The van der Waals surface area contributed by atoms with Gasteiger partial charge in [0.1, 0.15) is 17.5 Å². The minimum atomic E-state index is -0.475. The molecule has 24 heavy (non-hydrogen) atoms. The van der Waals surface area contributed by atoms with Crippen molar-refractivity contribution in [2.24, 2.45) is 0 Å². The Morgan fingerprint density at radius 1 is 1.29 bits per heavy atom. The fraction of sp³-hybridized carbons (Fsp3) is 0.167. The molecule has 0 saturated carbocycles. The summed E-state index contributed by atoms with van der Waals surface area (Å²) in [4.78, 5) is 16.3. The second-order valence-electron chi connectivity index (χ2n) is 5.40. The zero-order chi connectivity index (χ0) is 17.5. The molecule has 2 aromatic rings. The van der Waals surface area contributed by atoms with Crippen LogP contribution in [0.5, 0.6) is 0 Å². The molecule has 0 aliphatic rings. The monoisotopic (exact) mass is 384 g/mol. The molecule has 6 heteroatoms. The number of hydrogen-bond donors (Lipinski definition) is 2. The van der Waals surface area contributed by atoms with E-state index in [2.05, 4.69) is 45.4 Å². The van der Waals surface area contributed by atoms with E-state index in [9.17, 15) is 10.1 Å². The van der Waals surface area contributed by atoms with Crippen LogP contribution < -0.4 is 10.6 Å². The molecule has 122 valence electrons. The lowest BCUT2D eigenvalue weighted by Gasteiger charge is -2.08. The van der Waals surface area contributed by atoms with Gasteiger partial charge in [-0.3, -0.25) is 4.79 Å². The zero-order valence-electron chi connectivity index (χ0n) is 13.4. The predicted octanol–water partition coefficient (Wildman–Crippen LogP) is 4.43. The molecule has 2 N–H and O–H groups in total. The van der Waals surface area contributed by atoms with Crippen LogP contribution >= 0.6 is 15.9 Å². The fourth-order valence-corrected chi connectivity index (χ4v) is 2.26. The van der Waals surface area contributed by atoms with Crippen LogP contribution in [0.3, 0.4) is 0 Å². The van der Waals surface area contributed by atoms with Crippen molar-refractivity contribution in [2.75, 3.05) is 10.6 Å². The first kappa shape index (κ1) is 17.7. The molecule has 0 atom stereocenters. The topological polar surface area (TPSA) is 77.8 Å². The van der Waals surface area contributed by atoms with E-state index >= 15 is 0 Å². The standard InChI is InChI=1S/C18H17BrN4O/c1-12(2)13-3-5-16(6-4-13)23-18(24)14(10-20)11-22-17-9-15(19)7-8-21-17/h3-9,11-12H,1-2H3,(H,21,22)(H,23,24)/b14-11-. The number of carbonyl (C=O) groups is 1. The highest BCUT2D eigenvalue weighted by atomic mass is 79.9. The number of nitrogens with one attached hydrogen (secondary N) is 2. The Hall–Kier alpha value is -2.65. The Morgan fingerprint density at radius 3 is 2.58 bits per heavy atom. The van der Waals surface area contributed by atoms with Crippen molar-refractivity contribution >= 4 is 33.3 Å². The third-order valence-electron chi connectivity index (χ3n) is 3.29. The highest BCUT2D eigenvalue weighted by Crippen LogP contribution is 2.18. The number of rotatable bonds is 5. The molecule has 1 aromatic carbocycles. The van der Waals surface area contributed by atoms with Crippen molar-refractivity contribution in [3.8, 4) is 6.07 Å². The average molecular weight is 385 g/mol. The first-order chi connectivity index (χ1) is 11.5. The number of nitriles is 1. The predicted molar refractivity (Wildman–Crippen MR) is 98.4 cm³/mol. The Kier molecular flexibility index (Phi) is 6.10. The van der Waals surface area contributed by atoms with Crippen molar-refractivity contribution in [2.45, 2.75) is 19.8 Å². The van der Waals surface area contributed by atoms with Crippen molar-refractivity contribution in [1.29, 1.82) is 5.26 Å². The molecule has 1 amide bonds. The number of nitrogens with zero attached hydrogens (tertiary/aromatic N) is 2. The van der Waals surface area contributed by atoms with E-state index in [-0.39, 0.29) is 5.57 Å². The van der Waals surface area contributed by atoms with Crippen LogP contribution in [0.2, 0.25) is 0 Å². The van der Waals surface area contributed by atoms with Crippen LogP contribution in [0.1, 0.15) is 25.3 Å². The molecular formula is C18H17BrN4O. The van der Waals surface area contributed by atoms with Crippen LogP contribution in [-0.2, 0) is 4.79 Å². The van der Waals surface area contributed by atoms with E-state index in [4.69, 9.17) is 0 Å². The van der Waals surface area contributed by atoms with E-state index in [0.717, 1.165) is 4.47 Å². The van der Waals surface area contributed by atoms with Gasteiger partial charge >= 0.3 is 0 Å². The molecule has 2 rings (SSSR count). The molecule has 5 nitrogen and oxygen atoms in total. The lowest BCUT2D eigenvalue weighted by atomic mass is 10.0. The molecule has 0 bridgehead atoms. The molecule has 0 saturated heterocycles. The fourth-order valence-electron chi connectivity index (χ4n) is 1.93. The van der Waals surface area contributed by atoms with Gasteiger partial charge in [0, 0.05) is 22.6 Å².